The quantitative estimate of drug-likeness (QED) is 0.818. The molecule has 1 heterocycles. The average molecular weight is 236 g/mol. The van der Waals surface area contributed by atoms with Gasteiger partial charge in [-0.3, -0.25) is 0 Å². The number of aromatic nitrogens is 2. The fourth-order valence-electron chi connectivity index (χ4n) is 2.02. The lowest BCUT2D eigenvalue weighted by atomic mass is 10.1. The summed E-state index contributed by atoms with van der Waals surface area (Å²) in [5, 5.41) is 6.33. The summed E-state index contributed by atoms with van der Waals surface area (Å²) in [5.74, 6) is 2.86. The van der Waals surface area contributed by atoms with Crippen molar-refractivity contribution in [2.45, 2.75) is 20.3 Å². The maximum Gasteiger partial charge on any atom is 0.204 e. The molecule has 17 heavy (non-hydrogen) atoms. The monoisotopic (exact) mass is 236 g/mol. The standard InChI is InChI=1S/C12H20N4O/c1-12(2)5-8(12)6-14-11-9(17-4)10(13-3)15-7-16-11/h7-8H,5-6H2,1-4H3,(H2,13,14,15,16). The van der Waals surface area contributed by atoms with Crippen molar-refractivity contribution in [1.29, 1.82) is 0 Å². The first-order valence-corrected chi connectivity index (χ1v) is 5.89. The van der Waals surface area contributed by atoms with E-state index in [4.69, 9.17) is 4.74 Å². The molecule has 94 valence electrons. The Morgan fingerprint density at radius 2 is 2.06 bits per heavy atom. The molecule has 5 nitrogen and oxygen atoms in total. The van der Waals surface area contributed by atoms with Crippen molar-refractivity contribution >= 4 is 11.6 Å². The Morgan fingerprint density at radius 3 is 2.59 bits per heavy atom. The van der Waals surface area contributed by atoms with Crippen molar-refractivity contribution in [2.75, 3.05) is 31.3 Å². The van der Waals surface area contributed by atoms with Gasteiger partial charge >= 0.3 is 0 Å². The molecule has 0 aromatic carbocycles. The second kappa shape index (κ2) is 4.39. The highest BCUT2D eigenvalue weighted by molar-refractivity contribution is 5.63. The molecule has 0 radical (unpaired) electrons. The first-order chi connectivity index (χ1) is 8.08. The van der Waals surface area contributed by atoms with Gasteiger partial charge in [0.1, 0.15) is 6.33 Å². The molecule has 5 heteroatoms. The minimum Gasteiger partial charge on any atom is -0.490 e. The smallest absolute Gasteiger partial charge is 0.204 e. The van der Waals surface area contributed by atoms with Crippen LogP contribution in [0.15, 0.2) is 6.33 Å². The van der Waals surface area contributed by atoms with Crippen molar-refractivity contribution in [3.05, 3.63) is 6.33 Å². The van der Waals surface area contributed by atoms with E-state index >= 15 is 0 Å². The third-order valence-corrected chi connectivity index (χ3v) is 3.48. The predicted molar refractivity (Wildman–Crippen MR) is 68.5 cm³/mol. The number of ether oxygens (including phenoxy) is 1. The normalized spacial score (nSPS) is 20.8. The van der Waals surface area contributed by atoms with Crippen molar-refractivity contribution in [3.8, 4) is 5.75 Å². The topological polar surface area (TPSA) is 59.1 Å². The fraction of sp³-hybridized carbons (Fsp3) is 0.667. The Bertz CT molecular complexity index is 405. The van der Waals surface area contributed by atoms with E-state index in [0.29, 0.717) is 17.0 Å². The van der Waals surface area contributed by atoms with Crippen LogP contribution < -0.4 is 15.4 Å². The van der Waals surface area contributed by atoms with Gasteiger partial charge in [-0.1, -0.05) is 13.8 Å². The third-order valence-electron chi connectivity index (χ3n) is 3.48. The van der Waals surface area contributed by atoms with E-state index in [1.165, 1.54) is 12.7 Å². The Labute approximate surface area is 102 Å². The minimum absolute atomic E-state index is 0.471. The summed E-state index contributed by atoms with van der Waals surface area (Å²) < 4.78 is 5.32. The van der Waals surface area contributed by atoms with Gasteiger partial charge in [0, 0.05) is 13.6 Å². The lowest BCUT2D eigenvalue weighted by molar-refractivity contribution is 0.414. The Hall–Kier alpha value is -1.52. The number of anilines is 2. The van der Waals surface area contributed by atoms with Gasteiger partial charge in [0.15, 0.2) is 11.6 Å². The number of nitrogens with zero attached hydrogens (tertiary/aromatic N) is 2. The van der Waals surface area contributed by atoms with Gasteiger partial charge in [0.05, 0.1) is 7.11 Å². The molecule has 1 unspecified atom stereocenters. The lowest BCUT2D eigenvalue weighted by Crippen LogP contribution is -2.11. The maximum atomic E-state index is 5.32. The van der Waals surface area contributed by atoms with Crippen LogP contribution >= 0.6 is 0 Å². The zero-order chi connectivity index (χ0) is 12.5. The highest BCUT2D eigenvalue weighted by Crippen LogP contribution is 2.51. The first kappa shape index (κ1) is 12.0. The lowest BCUT2D eigenvalue weighted by Gasteiger charge is -2.13. The molecule has 1 aliphatic rings. The summed E-state index contributed by atoms with van der Waals surface area (Å²) in [6.07, 6.45) is 2.81. The molecule has 1 aromatic rings. The molecule has 1 aromatic heterocycles. The molecule has 0 bridgehead atoms. The molecule has 2 N–H and O–H groups in total. The van der Waals surface area contributed by atoms with Crippen molar-refractivity contribution < 1.29 is 4.74 Å². The largest absolute Gasteiger partial charge is 0.490 e. The van der Waals surface area contributed by atoms with E-state index in [1.807, 2.05) is 7.05 Å². The van der Waals surface area contributed by atoms with Gasteiger partial charge in [-0.15, -0.1) is 0 Å². The van der Waals surface area contributed by atoms with E-state index in [0.717, 1.165) is 18.3 Å². The maximum absolute atomic E-state index is 5.32. The van der Waals surface area contributed by atoms with Gasteiger partial charge in [-0.05, 0) is 17.8 Å². The Morgan fingerprint density at radius 1 is 1.41 bits per heavy atom. The summed E-state index contributed by atoms with van der Waals surface area (Å²) in [6, 6.07) is 0. The summed E-state index contributed by atoms with van der Waals surface area (Å²) >= 11 is 0. The molecule has 1 aliphatic carbocycles. The van der Waals surface area contributed by atoms with Crippen molar-refractivity contribution in [2.24, 2.45) is 11.3 Å². The number of nitrogens with one attached hydrogen (secondary N) is 2. The molecule has 1 saturated carbocycles. The molecular weight excluding hydrogens is 216 g/mol. The van der Waals surface area contributed by atoms with Crippen LogP contribution in [0.1, 0.15) is 20.3 Å². The highest BCUT2D eigenvalue weighted by Gasteiger charge is 2.45. The van der Waals surface area contributed by atoms with Gasteiger partial charge in [-0.2, -0.15) is 0 Å². The SMILES string of the molecule is CNc1ncnc(NCC2CC2(C)C)c1OC. The van der Waals surface area contributed by atoms with Crippen LogP contribution in [0.4, 0.5) is 11.6 Å². The van der Waals surface area contributed by atoms with Crippen molar-refractivity contribution in [1.82, 2.24) is 9.97 Å². The van der Waals surface area contributed by atoms with Gasteiger partial charge in [-0.25, -0.2) is 9.97 Å². The van der Waals surface area contributed by atoms with Crippen LogP contribution in [0.2, 0.25) is 0 Å². The van der Waals surface area contributed by atoms with Crippen molar-refractivity contribution in [3.63, 3.8) is 0 Å². The Kier molecular flexibility index (Phi) is 3.09. The zero-order valence-corrected chi connectivity index (χ0v) is 10.9. The van der Waals surface area contributed by atoms with E-state index in [-0.39, 0.29) is 0 Å². The van der Waals surface area contributed by atoms with Gasteiger partial charge in [0.25, 0.3) is 0 Å². The summed E-state index contributed by atoms with van der Waals surface area (Å²) in [4.78, 5) is 8.33. The Balaban J connectivity index is 2.05. The summed E-state index contributed by atoms with van der Waals surface area (Å²) in [5.41, 5.74) is 0.471. The van der Waals surface area contributed by atoms with Gasteiger partial charge in [0.2, 0.25) is 5.75 Å². The second-order valence-electron chi connectivity index (χ2n) is 5.12. The molecule has 0 saturated heterocycles. The average Bonchev–Trinajstić information content (AvgIpc) is 2.93. The van der Waals surface area contributed by atoms with Crippen LogP contribution in [0.5, 0.6) is 5.75 Å². The third kappa shape index (κ3) is 2.43. The van der Waals surface area contributed by atoms with Crippen LogP contribution in [0.3, 0.4) is 0 Å². The van der Waals surface area contributed by atoms with Crippen LogP contribution in [-0.4, -0.2) is 30.7 Å². The number of rotatable bonds is 5. The van der Waals surface area contributed by atoms with E-state index in [9.17, 15) is 0 Å². The minimum atomic E-state index is 0.471. The second-order valence-corrected chi connectivity index (χ2v) is 5.12. The molecular formula is C12H20N4O. The fourth-order valence-corrected chi connectivity index (χ4v) is 2.02. The van der Waals surface area contributed by atoms with E-state index in [1.54, 1.807) is 7.11 Å². The molecule has 1 atom stereocenters. The predicted octanol–water partition coefficient (Wildman–Crippen LogP) is 1.98. The van der Waals surface area contributed by atoms with Crippen LogP contribution in [0.25, 0.3) is 0 Å². The summed E-state index contributed by atoms with van der Waals surface area (Å²) in [6.45, 7) is 5.51. The van der Waals surface area contributed by atoms with Gasteiger partial charge < -0.3 is 15.4 Å². The number of hydrogen-bond donors (Lipinski definition) is 2. The molecule has 2 rings (SSSR count). The number of hydrogen-bond acceptors (Lipinski definition) is 5. The number of methoxy groups -OCH3 is 1. The highest BCUT2D eigenvalue weighted by atomic mass is 16.5. The zero-order valence-electron chi connectivity index (χ0n) is 10.9. The van der Waals surface area contributed by atoms with Crippen LogP contribution in [-0.2, 0) is 0 Å². The molecule has 0 aliphatic heterocycles. The van der Waals surface area contributed by atoms with E-state index < -0.39 is 0 Å². The summed E-state index contributed by atoms with van der Waals surface area (Å²) in [7, 11) is 3.45. The van der Waals surface area contributed by atoms with E-state index in [2.05, 4.69) is 34.4 Å². The molecule has 0 spiro atoms. The molecule has 1 fully saturated rings. The molecule has 0 amide bonds. The first-order valence-electron chi connectivity index (χ1n) is 5.89. The van der Waals surface area contributed by atoms with Crippen LogP contribution in [0, 0.1) is 11.3 Å².